The molecule has 36 heavy (non-hydrogen) atoms. The molecule has 3 aliphatic heterocycles. The van der Waals surface area contributed by atoms with Gasteiger partial charge in [0.1, 0.15) is 6.04 Å². The third kappa shape index (κ3) is 4.62. The van der Waals surface area contributed by atoms with Crippen LogP contribution in [-0.2, 0) is 16.1 Å². The van der Waals surface area contributed by atoms with Gasteiger partial charge in [0, 0.05) is 44.0 Å². The fourth-order valence-electron chi connectivity index (χ4n) is 5.17. The first-order valence-electron chi connectivity index (χ1n) is 12.3. The van der Waals surface area contributed by atoms with Crippen molar-refractivity contribution in [3.05, 3.63) is 47.3 Å². The normalized spacial score (nSPS) is 20.9. The number of aromatic nitrogens is 2. The number of nitrogens with one attached hydrogen (secondary N) is 2. The predicted octanol–water partition coefficient (Wildman–Crippen LogP) is 1.23. The summed E-state index contributed by atoms with van der Waals surface area (Å²) in [4.78, 5) is 53.6. The van der Waals surface area contributed by atoms with E-state index in [9.17, 15) is 19.2 Å². The van der Waals surface area contributed by atoms with E-state index < -0.39 is 23.8 Å². The number of hydrogen-bond donors (Lipinski definition) is 2. The van der Waals surface area contributed by atoms with Crippen molar-refractivity contribution >= 4 is 29.3 Å². The summed E-state index contributed by atoms with van der Waals surface area (Å²) in [6.07, 6.45) is 12.0. The summed E-state index contributed by atoms with van der Waals surface area (Å²) >= 11 is 0. The molecule has 186 valence electrons. The van der Waals surface area contributed by atoms with Gasteiger partial charge in [-0.2, -0.15) is 5.10 Å². The molecule has 1 atom stereocenters. The number of aryl methyl sites for hydroxylation is 1. The van der Waals surface area contributed by atoms with Gasteiger partial charge in [0.2, 0.25) is 11.8 Å². The van der Waals surface area contributed by atoms with E-state index in [0.717, 1.165) is 55.9 Å². The summed E-state index contributed by atoms with van der Waals surface area (Å²) in [7, 11) is 0. The number of benzene rings is 1. The maximum absolute atomic E-state index is 13.3. The van der Waals surface area contributed by atoms with Crippen LogP contribution in [0.3, 0.4) is 0 Å². The van der Waals surface area contributed by atoms with Gasteiger partial charge >= 0.3 is 0 Å². The maximum atomic E-state index is 13.3. The van der Waals surface area contributed by atoms with Gasteiger partial charge in [-0.25, -0.2) is 0 Å². The second kappa shape index (κ2) is 9.95. The molecular weight excluding hydrogens is 460 g/mol. The molecule has 10 nitrogen and oxygen atoms in total. The third-order valence-electron chi connectivity index (χ3n) is 7.08. The second-order valence-corrected chi connectivity index (χ2v) is 9.43. The first kappa shape index (κ1) is 23.8. The van der Waals surface area contributed by atoms with E-state index in [1.165, 1.54) is 0 Å². The highest BCUT2D eigenvalue weighted by Gasteiger charge is 2.45. The lowest BCUT2D eigenvalue weighted by Crippen LogP contribution is -2.54. The van der Waals surface area contributed by atoms with Crippen molar-refractivity contribution in [2.24, 2.45) is 0 Å². The lowest BCUT2D eigenvalue weighted by atomic mass is 10.0. The highest BCUT2D eigenvalue weighted by molar-refractivity contribution is 6.25. The average Bonchev–Trinajstić information content (AvgIpc) is 3.43. The zero-order valence-corrected chi connectivity index (χ0v) is 19.9. The van der Waals surface area contributed by atoms with Crippen LogP contribution in [-0.4, -0.2) is 74.9 Å². The van der Waals surface area contributed by atoms with Crippen LogP contribution in [0.4, 0.5) is 5.69 Å². The monoisotopic (exact) mass is 488 g/mol. The molecular formula is C26H28N6O4. The number of likely N-dealkylation sites (tertiary alicyclic amines) is 1. The first-order chi connectivity index (χ1) is 17.4. The second-order valence-electron chi connectivity index (χ2n) is 9.43. The Balaban J connectivity index is 1.17. The van der Waals surface area contributed by atoms with Gasteiger partial charge in [0.25, 0.3) is 11.8 Å². The number of nitrogens with zero attached hydrogens (tertiary/aromatic N) is 4. The Kier molecular flexibility index (Phi) is 6.57. The largest absolute Gasteiger partial charge is 0.382 e. The van der Waals surface area contributed by atoms with Crippen LogP contribution in [0.5, 0.6) is 0 Å². The van der Waals surface area contributed by atoms with E-state index in [2.05, 4.69) is 26.6 Å². The van der Waals surface area contributed by atoms with Gasteiger partial charge < -0.3 is 10.2 Å². The third-order valence-corrected chi connectivity index (χ3v) is 7.08. The number of terminal acetylenes is 1. The van der Waals surface area contributed by atoms with Crippen molar-refractivity contribution in [2.45, 2.75) is 50.7 Å². The Hall–Kier alpha value is -3.97. The molecule has 2 aromatic rings. The molecule has 1 aromatic heterocycles. The molecule has 2 N–H and O–H groups in total. The Morgan fingerprint density at radius 1 is 1.08 bits per heavy atom. The van der Waals surface area contributed by atoms with Crippen LogP contribution in [0.15, 0.2) is 30.6 Å². The van der Waals surface area contributed by atoms with E-state index in [0.29, 0.717) is 16.8 Å². The molecule has 0 radical (unpaired) electrons. The number of amides is 4. The fourth-order valence-corrected chi connectivity index (χ4v) is 5.17. The number of imide groups is 2. The summed E-state index contributed by atoms with van der Waals surface area (Å²) in [6.45, 7) is 3.63. The Morgan fingerprint density at radius 2 is 1.89 bits per heavy atom. The van der Waals surface area contributed by atoms with Crippen molar-refractivity contribution in [3.8, 4) is 12.3 Å². The molecule has 10 heteroatoms. The molecule has 0 saturated carbocycles. The van der Waals surface area contributed by atoms with Gasteiger partial charge in [-0.15, -0.1) is 6.42 Å². The number of anilines is 1. The first-order valence-corrected chi connectivity index (χ1v) is 12.3. The van der Waals surface area contributed by atoms with Gasteiger partial charge in [0.05, 0.1) is 22.9 Å². The summed E-state index contributed by atoms with van der Waals surface area (Å²) in [5.41, 5.74) is 2.00. The molecule has 1 unspecified atom stereocenters. The van der Waals surface area contributed by atoms with E-state index in [1.54, 1.807) is 24.4 Å². The van der Waals surface area contributed by atoms with E-state index >= 15 is 0 Å². The molecule has 0 aliphatic carbocycles. The Labute approximate surface area is 209 Å². The topological polar surface area (TPSA) is 117 Å². The molecule has 0 spiro atoms. The summed E-state index contributed by atoms with van der Waals surface area (Å²) < 4.78 is 1.87. The van der Waals surface area contributed by atoms with Crippen molar-refractivity contribution in [1.29, 1.82) is 0 Å². The lowest BCUT2D eigenvalue weighted by Gasteiger charge is -2.33. The number of rotatable bonds is 7. The number of carbonyl (C=O) groups excluding carboxylic acids is 4. The minimum absolute atomic E-state index is 0.0986. The van der Waals surface area contributed by atoms with Gasteiger partial charge in [0.15, 0.2) is 0 Å². The SMILES string of the molecule is C#Cc1cnn(CCCN2CCC(Nc3cccc4c3C(=O)N(C3CCC(=O)NC3=O)C4=O)CC2)c1. The van der Waals surface area contributed by atoms with Crippen LogP contribution in [0, 0.1) is 12.3 Å². The van der Waals surface area contributed by atoms with Crippen molar-refractivity contribution < 1.29 is 19.2 Å². The van der Waals surface area contributed by atoms with Crippen molar-refractivity contribution in [1.82, 2.24) is 24.9 Å². The van der Waals surface area contributed by atoms with Gasteiger partial charge in [-0.3, -0.25) is 34.1 Å². The molecule has 4 amide bonds. The molecule has 0 bridgehead atoms. The summed E-state index contributed by atoms with van der Waals surface area (Å²) in [5.74, 6) is 0.609. The number of carbonyl (C=O) groups is 4. The molecule has 1 aromatic carbocycles. The van der Waals surface area contributed by atoms with Crippen LogP contribution in [0.2, 0.25) is 0 Å². The van der Waals surface area contributed by atoms with Crippen LogP contribution >= 0.6 is 0 Å². The lowest BCUT2D eigenvalue weighted by molar-refractivity contribution is -0.136. The van der Waals surface area contributed by atoms with Crippen LogP contribution in [0.25, 0.3) is 0 Å². The smallest absolute Gasteiger partial charge is 0.264 e. The minimum atomic E-state index is -0.967. The molecule has 5 rings (SSSR count). The minimum Gasteiger partial charge on any atom is -0.382 e. The predicted molar refractivity (Wildman–Crippen MR) is 131 cm³/mol. The van der Waals surface area contributed by atoms with Gasteiger partial charge in [-0.05, 0) is 44.4 Å². The van der Waals surface area contributed by atoms with Crippen LogP contribution < -0.4 is 10.6 Å². The van der Waals surface area contributed by atoms with E-state index in [-0.39, 0.29) is 24.8 Å². The summed E-state index contributed by atoms with van der Waals surface area (Å²) in [5, 5.41) is 9.97. The number of fused-ring (bicyclic) bond motifs is 1. The van der Waals surface area contributed by atoms with Gasteiger partial charge in [-0.1, -0.05) is 12.0 Å². The van der Waals surface area contributed by atoms with E-state index in [1.807, 2.05) is 10.9 Å². The summed E-state index contributed by atoms with van der Waals surface area (Å²) in [6, 6.07) is 4.37. The Morgan fingerprint density at radius 3 is 2.61 bits per heavy atom. The number of piperidine rings is 2. The zero-order valence-electron chi connectivity index (χ0n) is 19.9. The van der Waals surface area contributed by atoms with Crippen LogP contribution in [0.1, 0.15) is 58.4 Å². The highest BCUT2D eigenvalue weighted by atomic mass is 16.2. The Bertz CT molecular complexity index is 1250. The molecule has 4 heterocycles. The van der Waals surface area contributed by atoms with E-state index in [4.69, 9.17) is 6.42 Å². The molecule has 2 fully saturated rings. The zero-order chi connectivity index (χ0) is 25.2. The highest BCUT2D eigenvalue weighted by Crippen LogP contribution is 2.33. The standard InChI is InChI=1S/C26H28N6O4/c1-2-17-15-27-31(16-17)12-4-11-30-13-9-18(10-14-30)28-20-6-3-5-19-23(20)26(36)32(25(19)35)21-7-8-22(33)29-24(21)34/h1,3,5-6,15-16,18,21,28H,4,7-14H2,(H,29,33,34). The molecule has 2 saturated heterocycles. The average molecular weight is 489 g/mol. The van der Waals surface area contributed by atoms with Crippen molar-refractivity contribution in [3.63, 3.8) is 0 Å². The number of hydrogen-bond acceptors (Lipinski definition) is 7. The fraction of sp³-hybridized carbons (Fsp3) is 0.423. The van der Waals surface area contributed by atoms with Crippen molar-refractivity contribution in [2.75, 3.05) is 25.0 Å². The maximum Gasteiger partial charge on any atom is 0.264 e. The quantitative estimate of drug-likeness (QED) is 0.445. The molecule has 3 aliphatic rings.